The lowest BCUT2D eigenvalue weighted by Crippen LogP contribution is -2.64. The molecule has 1 aliphatic heterocycles. The van der Waals surface area contributed by atoms with Gasteiger partial charge in [0.25, 0.3) is 0 Å². The second-order valence-corrected chi connectivity index (χ2v) is 8.33. The summed E-state index contributed by atoms with van der Waals surface area (Å²) in [6.45, 7) is 4.46. The van der Waals surface area contributed by atoms with E-state index in [9.17, 15) is 10.2 Å². The molecule has 0 radical (unpaired) electrons. The molecule has 1 saturated carbocycles. The van der Waals surface area contributed by atoms with Crippen LogP contribution >= 0.6 is 0 Å². The monoisotopic (exact) mass is 329 g/mol. The summed E-state index contributed by atoms with van der Waals surface area (Å²) in [6.07, 6.45) is 9.14. The Morgan fingerprint density at radius 1 is 1.25 bits per heavy atom. The molecule has 3 atom stereocenters. The lowest BCUT2D eigenvalue weighted by molar-refractivity contribution is -0.115. The number of phenols is 1. The van der Waals surface area contributed by atoms with E-state index < -0.39 is 5.60 Å². The summed E-state index contributed by atoms with van der Waals surface area (Å²) in [5, 5.41) is 21.7. The fourth-order valence-corrected chi connectivity index (χ4v) is 5.31. The summed E-state index contributed by atoms with van der Waals surface area (Å²) in [5.74, 6) is 1.36. The maximum absolute atomic E-state index is 11.8. The summed E-state index contributed by atoms with van der Waals surface area (Å²) >= 11 is 0. The van der Waals surface area contributed by atoms with Crippen molar-refractivity contribution in [3.8, 4) is 5.75 Å². The van der Waals surface area contributed by atoms with E-state index >= 15 is 0 Å². The highest BCUT2D eigenvalue weighted by Gasteiger charge is 2.53. The van der Waals surface area contributed by atoms with Gasteiger partial charge in [-0.2, -0.15) is 0 Å². The van der Waals surface area contributed by atoms with Crippen LogP contribution in [0.1, 0.15) is 68.9 Å². The molecule has 2 bridgehead atoms. The molecule has 2 fully saturated rings. The molecule has 0 spiro atoms. The number of phenolic OH excluding ortho intramolecular Hbond substituents is 1. The normalized spacial score (nSPS) is 33.1. The molecule has 1 saturated heterocycles. The number of hydrogen-bond donors (Lipinski definition) is 2. The Labute approximate surface area is 145 Å². The average Bonchev–Trinajstić information content (AvgIpc) is 2.51. The number of aromatic hydroxyl groups is 1. The summed E-state index contributed by atoms with van der Waals surface area (Å²) in [6, 6.07) is 6.05. The summed E-state index contributed by atoms with van der Waals surface area (Å²) in [5.41, 5.74) is 1.91. The summed E-state index contributed by atoms with van der Waals surface area (Å²) < 4.78 is 0. The highest BCUT2D eigenvalue weighted by Crippen LogP contribution is 2.50. The van der Waals surface area contributed by atoms with Gasteiger partial charge < -0.3 is 10.2 Å². The zero-order valence-corrected chi connectivity index (χ0v) is 14.9. The molecule has 3 heteroatoms. The Kier molecular flexibility index (Phi) is 4.34. The molecule has 3 unspecified atom stereocenters. The van der Waals surface area contributed by atoms with E-state index in [1.807, 2.05) is 6.07 Å². The van der Waals surface area contributed by atoms with Gasteiger partial charge in [0.15, 0.2) is 0 Å². The van der Waals surface area contributed by atoms with E-state index in [4.69, 9.17) is 0 Å². The second-order valence-electron chi connectivity index (χ2n) is 8.33. The molecule has 24 heavy (non-hydrogen) atoms. The zero-order chi connectivity index (χ0) is 16.7. The lowest BCUT2D eigenvalue weighted by Gasteiger charge is -2.56. The minimum absolute atomic E-state index is 0.183. The minimum Gasteiger partial charge on any atom is -0.508 e. The zero-order valence-electron chi connectivity index (χ0n) is 14.9. The third kappa shape index (κ3) is 2.66. The Balaban J connectivity index is 1.67. The fourth-order valence-electron chi connectivity index (χ4n) is 5.31. The lowest BCUT2D eigenvalue weighted by atomic mass is 9.62. The van der Waals surface area contributed by atoms with Gasteiger partial charge in [-0.1, -0.05) is 32.3 Å². The van der Waals surface area contributed by atoms with Crippen LogP contribution in [0.4, 0.5) is 0 Å². The van der Waals surface area contributed by atoms with Crippen LogP contribution in [-0.2, 0) is 6.42 Å². The maximum atomic E-state index is 11.8. The van der Waals surface area contributed by atoms with Crippen LogP contribution in [-0.4, -0.2) is 39.8 Å². The van der Waals surface area contributed by atoms with Gasteiger partial charge in [0.2, 0.25) is 0 Å². The smallest absolute Gasteiger partial charge is 0.115 e. The van der Waals surface area contributed by atoms with Gasteiger partial charge in [0.1, 0.15) is 5.75 Å². The van der Waals surface area contributed by atoms with Crippen molar-refractivity contribution in [1.29, 1.82) is 0 Å². The molecule has 1 aromatic carbocycles. The summed E-state index contributed by atoms with van der Waals surface area (Å²) in [7, 11) is 0. The van der Waals surface area contributed by atoms with E-state index in [1.165, 1.54) is 36.9 Å². The van der Waals surface area contributed by atoms with Crippen LogP contribution in [0.5, 0.6) is 5.75 Å². The summed E-state index contributed by atoms with van der Waals surface area (Å²) in [4.78, 5) is 2.60. The molecule has 1 aromatic rings. The fraction of sp³-hybridized carbons (Fsp3) is 0.714. The first-order valence-electron chi connectivity index (χ1n) is 9.90. The number of fused-ring (bicyclic) bond motifs is 4. The van der Waals surface area contributed by atoms with Gasteiger partial charge in [0, 0.05) is 18.5 Å². The first-order chi connectivity index (χ1) is 11.6. The van der Waals surface area contributed by atoms with Crippen LogP contribution in [0.3, 0.4) is 0 Å². The van der Waals surface area contributed by atoms with Gasteiger partial charge in [0.05, 0.1) is 5.60 Å². The topological polar surface area (TPSA) is 43.7 Å². The van der Waals surface area contributed by atoms with E-state index in [0.717, 1.165) is 44.6 Å². The number of rotatable bonds is 5. The molecule has 0 amide bonds. The van der Waals surface area contributed by atoms with E-state index in [2.05, 4.69) is 17.9 Å². The predicted octanol–water partition coefficient (Wildman–Crippen LogP) is 3.83. The van der Waals surface area contributed by atoms with E-state index in [-0.39, 0.29) is 12.0 Å². The standard InChI is InChI=1S/C21H31NO2/c1-2-3-10-21(24)19-9-11-22(14-15-5-4-6-15)20(21)12-16-7-8-17(23)13-18(16)19/h7-8,13,15,19-20,23-24H,2-6,9-12,14H2,1H3. The molecule has 3 aliphatic rings. The number of piperidine rings is 1. The van der Waals surface area contributed by atoms with Crippen molar-refractivity contribution in [2.75, 3.05) is 13.1 Å². The van der Waals surface area contributed by atoms with Gasteiger partial charge in [-0.25, -0.2) is 0 Å². The molecule has 3 nitrogen and oxygen atoms in total. The van der Waals surface area contributed by atoms with Gasteiger partial charge in [-0.05, 0) is 67.8 Å². The van der Waals surface area contributed by atoms with Crippen LogP contribution in [0, 0.1) is 5.92 Å². The van der Waals surface area contributed by atoms with Gasteiger partial charge >= 0.3 is 0 Å². The molecule has 2 N–H and O–H groups in total. The van der Waals surface area contributed by atoms with Crippen LogP contribution < -0.4 is 0 Å². The van der Waals surface area contributed by atoms with Gasteiger partial charge in [-0.15, -0.1) is 0 Å². The predicted molar refractivity (Wildman–Crippen MR) is 96.3 cm³/mol. The molecule has 4 rings (SSSR count). The highest BCUT2D eigenvalue weighted by molar-refractivity contribution is 5.43. The Morgan fingerprint density at radius 2 is 2.08 bits per heavy atom. The highest BCUT2D eigenvalue weighted by atomic mass is 16.3. The second kappa shape index (κ2) is 6.34. The van der Waals surface area contributed by atoms with Crippen LogP contribution in [0.25, 0.3) is 0 Å². The van der Waals surface area contributed by atoms with Crippen LogP contribution in [0.15, 0.2) is 18.2 Å². The van der Waals surface area contributed by atoms with Crippen molar-refractivity contribution in [2.24, 2.45) is 5.92 Å². The number of aliphatic hydroxyl groups is 1. The first-order valence-corrected chi connectivity index (χ1v) is 9.90. The van der Waals surface area contributed by atoms with Crippen LogP contribution in [0.2, 0.25) is 0 Å². The number of unbranched alkanes of at least 4 members (excludes halogenated alkanes) is 1. The number of benzene rings is 1. The first kappa shape index (κ1) is 16.4. The van der Waals surface area contributed by atoms with Crippen molar-refractivity contribution in [3.05, 3.63) is 29.3 Å². The average molecular weight is 329 g/mol. The Bertz CT molecular complexity index is 598. The molecule has 1 heterocycles. The van der Waals surface area contributed by atoms with Crippen molar-refractivity contribution in [3.63, 3.8) is 0 Å². The number of nitrogens with zero attached hydrogens (tertiary/aromatic N) is 1. The quantitative estimate of drug-likeness (QED) is 0.863. The minimum atomic E-state index is -0.626. The largest absolute Gasteiger partial charge is 0.508 e. The Hall–Kier alpha value is -1.06. The third-order valence-corrected chi connectivity index (χ3v) is 6.89. The molecular formula is C21H31NO2. The van der Waals surface area contributed by atoms with E-state index in [0.29, 0.717) is 5.75 Å². The van der Waals surface area contributed by atoms with Crippen molar-refractivity contribution >= 4 is 0 Å². The number of likely N-dealkylation sites (tertiary alicyclic amines) is 1. The molecule has 132 valence electrons. The Morgan fingerprint density at radius 3 is 2.79 bits per heavy atom. The van der Waals surface area contributed by atoms with Crippen molar-refractivity contribution < 1.29 is 10.2 Å². The van der Waals surface area contributed by atoms with Crippen molar-refractivity contribution in [2.45, 2.75) is 75.9 Å². The van der Waals surface area contributed by atoms with Crippen molar-refractivity contribution in [1.82, 2.24) is 4.90 Å². The van der Waals surface area contributed by atoms with Gasteiger partial charge in [-0.3, -0.25) is 4.90 Å². The third-order valence-electron chi connectivity index (χ3n) is 6.89. The number of hydrogen-bond acceptors (Lipinski definition) is 3. The molecule has 2 aliphatic carbocycles. The SMILES string of the molecule is CCCCC1(O)C2CCN(CC3CCC3)C1Cc1ccc(O)cc12. The molecule has 0 aromatic heterocycles. The maximum Gasteiger partial charge on any atom is 0.115 e. The van der Waals surface area contributed by atoms with E-state index in [1.54, 1.807) is 6.07 Å². The molecular weight excluding hydrogens is 298 g/mol.